The van der Waals surface area contributed by atoms with E-state index in [9.17, 15) is 0 Å². The Bertz CT molecular complexity index is 550. The van der Waals surface area contributed by atoms with Gasteiger partial charge in [0.05, 0.1) is 23.6 Å². The summed E-state index contributed by atoms with van der Waals surface area (Å²) < 4.78 is 4.06. The van der Waals surface area contributed by atoms with Crippen molar-refractivity contribution in [3.8, 4) is 0 Å². The fourth-order valence-corrected chi connectivity index (χ4v) is 2.13. The number of aryl methyl sites for hydroxylation is 1. The molecule has 0 bridgehead atoms. The molecule has 0 aliphatic heterocycles. The molecule has 0 aliphatic carbocycles. The van der Waals surface area contributed by atoms with Crippen LogP contribution in [-0.4, -0.2) is 19.6 Å². The van der Waals surface area contributed by atoms with Crippen molar-refractivity contribution in [2.24, 2.45) is 5.92 Å². The zero-order chi connectivity index (χ0) is 14.7. The molecule has 0 spiro atoms. The molecule has 1 N–H and O–H groups in total. The Morgan fingerprint density at radius 2 is 2.00 bits per heavy atom. The fourth-order valence-electron chi connectivity index (χ4n) is 2.13. The summed E-state index contributed by atoms with van der Waals surface area (Å²) in [5.41, 5.74) is 3.33. The standard InChI is InChI=1S/C15H25N5/c1-11(2)9-20-14(6-7-17-20)8-16-15-10-19(12(3)4)18-13(15)5/h6-7,10-12,16H,8-9H2,1-5H3. The van der Waals surface area contributed by atoms with Gasteiger partial charge in [0, 0.05) is 25.0 Å². The molecular weight excluding hydrogens is 250 g/mol. The van der Waals surface area contributed by atoms with Crippen molar-refractivity contribution in [2.75, 3.05) is 5.32 Å². The molecule has 2 aromatic rings. The first-order valence-corrected chi connectivity index (χ1v) is 7.27. The molecule has 0 fully saturated rings. The van der Waals surface area contributed by atoms with Crippen LogP contribution in [0.15, 0.2) is 18.5 Å². The average Bonchev–Trinajstić information content (AvgIpc) is 2.93. The van der Waals surface area contributed by atoms with Crippen LogP contribution in [0.2, 0.25) is 0 Å². The Morgan fingerprint density at radius 3 is 2.60 bits per heavy atom. The number of hydrogen-bond acceptors (Lipinski definition) is 3. The Kier molecular flexibility index (Phi) is 4.47. The molecule has 2 aromatic heterocycles. The highest BCUT2D eigenvalue weighted by molar-refractivity contribution is 5.45. The van der Waals surface area contributed by atoms with Gasteiger partial charge in [-0.05, 0) is 32.8 Å². The van der Waals surface area contributed by atoms with Crippen LogP contribution in [0.25, 0.3) is 0 Å². The summed E-state index contributed by atoms with van der Waals surface area (Å²) in [6, 6.07) is 2.45. The number of anilines is 1. The summed E-state index contributed by atoms with van der Waals surface area (Å²) in [4.78, 5) is 0. The van der Waals surface area contributed by atoms with Gasteiger partial charge < -0.3 is 5.32 Å². The van der Waals surface area contributed by atoms with E-state index in [1.807, 2.05) is 17.8 Å². The van der Waals surface area contributed by atoms with Gasteiger partial charge >= 0.3 is 0 Å². The van der Waals surface area contributed by atoms with E-state index in [0.717, 1.165) is 24.5 Å². The fraction of sp³-hybridized carbons (Fsp3) is 0.600. The van der Waals surface area contributed by atoms with Crippen molar-refractivity contribution >= 4 is 5.69 Å². The molecule has 0 aliphatic rings. The van der Waals surface area contributed by atoms with E-state index in [2.05, 4.69) is 60.2 Å². The Labute approximate surface area is 121 Å². The van der Waals surface area contributed by atoms with Gasteiger partial charge in [-0.1, -0.05) is 13.8 Å². The topological polar surface area (TPSA) is 47.7 Å². The van der Waals surface area contributed by atoms with Crippen molar-refractivity contribution in [1.29, 1.82) is 0 Å². The molecule has 0 saturated heterocycles. The van der Waals surface area contributed by atoms with Crippen LogP contribution in [0.5, 0.6) is 0 Å². The van der Waals surface area contributed by atoms with Gasteiger partial charge in [-0.3, -0.25) is 9.36 Å². The van der Waals surface area contributed by atoms with Gasteiger partial charge in [0.15, 0.2) is 0 Å². The summed E-state index contributed by atoms with van der Waals surface area (Å²) in [7, 11) is 0. The third kappa shape index (κ3) is 3.40. The predicted molar refractivity (Wildman–Crippen MR) is 81.7 cm³/mol. The lowest BCUT2D eigenvalue weighted by Gasteiger charge is -2.11. The summed E-state index contributed by atoms with van der Waals surface area (Å²) in [5.74, 6) is 0.596. The van der Waals surface area contributed by atoms with Crippen LogP contribution < -0.4 is 5.32 Å². The number of nitrogens with zero attached hydrogens (tertiary/aromatic N) is 4. The van der Waals surface area contributed by atoms with E-state index in [0.29, 0.717) is 12.0 Å². The van der Waals surface area contributed by atoms with Crippen LogP contribution in [0.3, 0.4) is 0 Å². The van der Waals surface area contributed by atoms with Gasteiger partial charge in [-0.2, -0.15) is 10.2 Å². The molecule has 2 rings (SSSR count). The Morgan fingerprint density at radius 1 is 1.25 bits per heavy atom. The highest BCUT2D eigenvalue weighted by Crippen LogP contribution is 2.17. The van der Waals surface area contributed by atoms with Gasteiger partial charge in [-0.15, -0.1) is 0 Å². The summed E-state index contributed by atoms with van der Waals surface area (Å²) in [5, 5.41) is 12.4. The maximum absolute atomic E-state index is 4.51. The number of hydrogen-bond donors (Lipinski definition) is 1. The van der Waals surface area contributed by atoms with Crippen molar-refractivity contribution in [1.82, 2.24) is 19.6 Å². The van der Waals surface area contributed by atoms with Gasteiger partial charge in [0.1, 0.15) is 0 Å². The van der Waals surface area contributed by atoms with Crippen molar-refractivity contribution < 1.29 is 0 Å². The normalized spacial score (nSPS) is 11.6. The van der Waals surface area contributed by atoms with Crippen LogP contribution in [-0.2, 0) is 13.1 Å². The molecule has 0 saturated carbocycles. The highest BCUT2D eigenvalue weighted by atomic mass is 15.3. The number of rotatable bonds is 6. The summed E-state index contributed by atoms with van der Waals surface area (Å²) in [6.07, 6.45) is 3.94. The lowest BCUT2D eigenvalue weighted by atomic mass is 10.2. The van der Waals surface area contributed by atoms with Crippen LogP contribution in [0.4, 0.5) is 5.69 Å². The first-order valence-electron chi connectivity index (χ1n) is 7.27. The molecule has 0 aromatic carbocycles. The lowest BCUT2D eigenvalue weighted by molar-refractivity contribution is 0.470. The van der Waals surface area contributed by atoms with Crippen molar-refractivity contribution in [3.05, 3.63) is 29.8 Å². The molecule has 2 heterocycles. The van der Waals surface area contributed by atoms with E-state index in [-0.39, 0.29) is 0 Å². The first kappa shape index (κ1) is 14.6. The van der Waals surface area contributed by atoms with Crippen LogP contribution in [0, 0.1) is 12.8 Å². The molecule has 0 unspecified atom stereocenters. The second-order valence-corrected chi connectivity index (χ2v) is 5.95. The summed E-state index contributed by atoms with van der Waals surface area (Å²) in [6.45, 7) is 12.4. The Balaban J connectivity index is 2.03. The smallest absolute Gasteiger partial charge is 0.0825 e. The Hall–Kier alpha value is -1.78. The first-order chi connectivity index (χ1) is 9.47. The molecule has 5 nitrogen and oxygen atoms in total. The third-order valence-corrected chi connectivity index (χ3v) is 3.25. The average molecular weight is 275 g/mol. The van der Waals surface area contributed by atoms with Gasteiger partial charge in [0.25, 0.3) is 0 Å². The maximum atomic E-state index is 4.51. The largest absolute Gasteiger partial charge is 0.377 e. The quantitative estimate of drug-likeness (QED) is 0.880. The van der Waals surface area contributed by atoms with Crippen LogP contribution >= 0.6 is 0 Å². The minimum Gasteiger partial charge on any atom is -0.377 e. The molecule has 5 heteroatoms. The molecule has 0 radical (unpaired) electrons. The predicted octanol–water partition coefficient (Wildman–Crippen LogP) is 3.24. The molecular formula is C15H25N5. The van der Waals surface area contributed by atoms with E-state index < -0.39 is 0 Å². The van der Waals surface area contributed by atoms with E-state index in [1.165, 1.54) is 5.69 Å². The zero-order valence-electron chi connectivity index (χ0n) is 13.1. The van der Waals surface area contributed by atoms with Crippen molar-refractivity contribution in [2.45, 2.75) is 53.8 Å². The molecule has 0 atom stereocenters. The van der Waals surface area contributed by atoms with Crippen molar-refractivity contribution in [3.63, 3.8) is 0 Å². The SMILES string of the molecule is Cc1nn(C(C)C)cc1NCc1ccnn1CC(C)C. The lowest BCUT2D eigenvalue weighted by Crippen LogP contribution is -2.12. The van der Waals surface area contributed by atoms with E-state index in [4.69, 9.17) is 0 Å². The van der Waals surface area contributed by atoms with E-state index in [1.54, 1.807) is 0 Å². The number of aromatic nitrogens is 4. The minimum absolute atomic E-state index is 0.385. The summed E-state index contributed by atoms with van der Waals surface area (Å²) >= 11 is 0. The monoisotopic (exact) mass is 275 g/mol. The molecule has 0 amide bonds. The third-order valence-electron chi connectivity index (χ3n) is 3.25. The molecule has 20 heavy (non-hydrogen) atoms. The molecule has 110 valence electrons. The van der Waals surface area contributed by atoms with Gasteiger partial charge in [0.2, 0.25) is 0 Å². The minimum atomic E-state index is 0.385. The highest BCUT2D eigenvalue weighted by Gasteiger charge is 2.09. The second-order valence-electron chi connectivity index (χ2n) is 5.95. The number of nitrogens with one attached hydrogen (secondary N) is 1. The zero-order valence-corrected chi connectivity index (χ0v) is 13.1. The second kappa shape index (κ2) is 6.11. The van der Waals surface area contributed by atoms with Gasteiger partial charge in [-0.25, -0.2) is 0 Å². The maximum Gasteiger partial charge on any atom is 0.0825 e. The van der Waals surface area contributed by atoms with Crippen LogP contribution in [0.1, 0.15) is 45.1 Å². The van der Waals surface area contributed by atoms with E-state index >= 15 is 0 Å².